The van der Waals surface area contributed by atoms with Gasteiger partial charge in [0, 0.05) is 30.6 Å². The maximum Gasteiger partial charge on any atom is 0.0172 e. The fourth-order valence-corrected chi connectivity index (χ4v) is 5.06. The first kappa shape index (κ1) is 14.7. The summed E-state index contributed by atoms with van der Waals surface area (Å²) in [5, 5.41) is 0.856. The highest BCUT2D eigenvalue weighted by Crippen LogP contribution is 2.39. The van der Waals surface area contributed by atoms with Gasteiger partial charge in [0.1, 0.15) is 0 Å². The summed E-state index contributed by atoms with van der Waals surface area (Å²) >= 11 is 2.16. The largest absolute Gasteiger partial charge is 0.330 e. The molecule has 2 nitrogen and oxygen atoms in total. The zero-order valence-electron chi connectivity index (χ0n) is 12.2. The van der Waals surface area contributed by atoms with Gasteiger partial charge in [-0.2, -0.15) is 11.8 Å². The molecule has 0 aromatic rings. The van der Waals surface area contributed by atoms with Crippen LogP contribution in [0.3, 0.4) is 0 Å². The molecule has 0 radical (unpaired) electrons. The van der Waals surface area contributed by atoms with Crippen LogP contribution in [0.2, 0.25) is 0 Å². The third-order valence-corrected chi connectivity index (χ3v) is 6.23. The molecule has 1 saturated heterocycles. The van der Waals surface area contributed by atoms with Gasteiger partial charge in [0.25, 0.3) is 0 Å². The number of hydrogen-bond donors (Lipinski definition) is 1. The van der Waals surface area contributed by atoms with Crippen LogP contribution in [0.1, 0.15) is 46.0 Å². The van der Waals surface area contributed by atoms with Gasteiger partial charge in [-0.1, -0.05) is 26.7 Å². The minimum atomic E-state index is 0.429. The van der Waals surface area contributed by atoms with Gasteiger partial charge < -0.3 is 10.6 Å². The van der Waals surface area contributed by atoms with Gasteiger partial charge in [0.2, 0.25) is 0 Å². The van der Waals surface area contributed by atoms with Crippen LogP contribution in [0.15, 0.2) is 0 Å². The lowest BCUT2D eigenvalue weighted by atomic mass is 9.69. The molecule has 1 heterocycles. The fourth-order valence-electron chi connectivity index (χ4n) is 3.81. The minimum absolute atomic E-state index is 0.429. The van der Waals surface area contributed by atoms with Crippen molar-refractivity contribution in [3.05, 3.63) is 0 Å². The summed E-state index contributed by atoms with van der Waals surface area (Å²) in [6.07, 6.45) is 6.82. The van der Waals surface area contributed by atoms with Crippen LogP contribution in [0.5, 0.6) is 0 Å². The van der Waals surface area contributed by atoms with Crippen molar-refractivity contribution in [2.24, 2.45) is 17.1 Å². The highest BCUT2D eigenvalue weighted by molar-refractivity contribution is 8.00. The average Bonchev–Trinajstić information content (AvgIpc) is 2.39. The molecule has 3 heteroatoms. The van der Waals surface area contributed by atoms with E-state index < -0.39 is 0 Å². The van der Waals surface area contributed by atoms with Crippen molar-refractivity contribution in [3.63, 3.8) is 0 Å². The number of nitrogens with two attached hydrogens (primary N) is 1. The first-order valence-electron chi connectivity index (χ1n) is 7.71. The molecule has 2 rings (SSSR count). The summed E-state index contributed by atoms with van der Waals surface area (Å²) in [5.74, 6) is 2.19. The van der Waals surface area contributed by atoms with Crippen molar-refractivity contribution in [3.8, 4) is 0 Å². The van der Waals surface area contributed by atoms with Crippen LogP contribution in [0, 0.1) is 11.3 Å². The number of hydrogen-bond acceptors (Lipinski definition) is 3. The molecule has 1 aliphatic carbocycles. The first-order valence-corrected chi connectivity index (χ1v) is 8.76. The topological polar surface area (TPSA) is 29.3 Å². The molecule has 2 N–H and O–H groups in total. The summed E-state index contributed by atoms with van der Waals surface area (Å²) in [7, 11) is 0. The molecular weight excluding hydrogens is 240 g/mol. The second-order valence-electron chi connectivity index (χ2n) is 6.54. The van der Waals surface area contributed by atoms with Crippen molar-refractivity contribution >= 4 is 11.8 Å². The Bertz CT molecular complexity index is 259. The molecule has 3 atom stereocenters. The lowest BCUT2D eigenvalue weighted by Crippen LogP contribution is -2.49. The van der Waals surface area contributed by atoms with Crippen LogP contribution in [-0.4, -0.2) is 42.1 Å². The number of thioether (sulfide) groups is 1. The van der Waals surface area contributed by atoms with Gasteiger partial charge >= 0.3 is 0 Å². The highest BCUT2D eigenvalue weighted by atomic mass is 32.2. The Kier molecular flexibility index (Phi) is 5.40. The SMILES string of the molecule is CCC1CN(CC2(CN)CCCC(C)C2)CCS1. The monoisotopic (exact) mass is 270 g/mol. The van der Waals surface area contributed by atoms with Crippen molar-refractivity contribution in [1.82, 2.24) is 4.90 Å². The molecule has 0 bridgehead atoms. The first-order chi connectivity index (χ1) is 8.67. The van der Waals surface area contributed by atoms with Crippen molar-refractivity contribution in [1.29, 1.82) is 0 Å². The third-order valence-electron chi connectivity index (χ3n) is 4.86. The molecule has 3 unspecified atom stereocenters. The molecule has 1 saturated carbocycles. The van der Waals surface area contributed by atoms with E-state index >= 15 is 0 Å². The van der Waals surface area contributed by atoms with Gasteiger partial charge in [0.15, 0.2) is 0 Å². The second-order valence-corrected chi connectivity index (χ2v) is 7.95. The lowest BCUT2D eigenvalue weighted by molar-refractivity contribution is 0.0898. The molecule has 106 valence electrons. The summed E-state index contributed by atoms with van der Waals surface area (Å²) in [6.45, 7) is 9.43. The molecular formula is C15H30N2S. The summed E-state index contributed by atoms with van der Waals surface area (Å²) in [4.78, 5) is 2.70. The molecule has 2 aliphatic rings. The van der Waals surface area contributed by atoms with E-state index in [0.717, 1.165) is 17.7 Å². The van der Waals surface area contributed by atoms with E-state index in [1.807, 2.05) is 0 Å². The summed E-state index contributed by atoms with van der Waals surface area (Å²) in [6, 6.07) is 0. The van der Waals surface area contributed by atoms with Crippen molar-refractivity contribution < 1.29 is 0 Å². The molecule has 0 amide bonds. The van der Waals surface area contributed by atoms with Gasteiger partial charge in [-0.25, -0.2) is 0 Å². The fraction of sp³-hybridized carbons (Fsp3) is 1.00. The standard InChI is InChI=1S/C15H30N2S/c1-3-14-10-17(7-8-18-14)12-15(11-16)6-4-5-13(2)9-15/h13-14H,3-12,16H2,1-2H3. The Morgan fingerprint density at radius 3 is 2.94 bits per heavy atom. The lowest BCUT2D eigenvalue weighted by Gasteiger charge is -2.44. The van der Waals surface area contributed by atoms with Crippen molar-refractivity contribution in [2.75, 3.05) is 31.9 Å². The number of rotatable bonds is 4. The van der Waals surface area contributed by atoms with Crippen LogP contribution >= 0.6 is 11.8 Å². The highest BCUT2D eigenvalue weighted by Gasteiger charge is 2.36. The molecule has 0 aromatic carbocycles. The van der Waals surface area contributed by atoms with Crippen LogP contribution in [-0.2, 0) is 0 Å². The smallest absolute Gasteiger partial charge is 0.0172 e. The maximum absolute atomic E-state index is 6.15. The quantitative estimate of drug-likeness (QED) is 0.851. The Hall–Kier alpha value is 0.270. The maximum atomic E-state index is 6.15. The van der Waals surface area contributed by atoms with Gasteiger partial charge in [0.05, 0.1) is 0 Å². The zero-order valence-corrected chi connectivity index (χ0v) is 13.0. The minimum Gasteiger partial charge on any atom is -0.330 e. The van der Waals surface area contributed by atoms with Crippen LogP contribution in [0.25, 0.3) is 0 Å². The predicted molar refractivity (Wildman–Crippen MR) is 82.1 cm³/mol. The Labute approximate surface area is 117 Å². The van der Waals surface area contributed by atoms with Crippen LogP contribution < -0.4 is 5.73 Å². The molecule has 18 heavy (non-hydrogen) atoms. The average molecular weight is 270 g/mol. The van der Waals surface area contributed by atoms with Crippen molar-refractivity contribution in [2.45, 2.75) is 51.2 Å². The van der Waals surface area contributed by atoms with E-state index in [9.17, 15) is 0 Å². The predicted octanol–water partition coefficient (Wildman–Crippen LogP) is 2.97. The molecule has 2 fully saturated rings. The molecule has 0 spiro atoms. The molecule has 0 aromatic heterocycles. The van der Waals surface area contributed by atoms with Gasteiger partial charge in [-0.3, -0.25) is 0 Å². The van der Waals surface area contributed by atoms with Gasteiger partial charge in [-0.05, 0) is 37.1 Å². The molecule has 1 aliphatic heterocycles. The Morgan fingerprint density at radius 1 is 1.44 bits per heavy atom. The summed E-state index contributed by atoms with van der Waals surface area (Å²) in [5.41, 5.74) is 6.58. The number of nitrogens with zero attached hydrogens (tertiary/aromatic N) is 1. The second kappa shape index (κ2) is 6.62. The van der Waals surface area contributed by atoms with E-state index in [2.05, 4.69) is 30.5 Å². The normalized spacial score (nSPS) is 38.8. The third kappa shape index (κ3) is 3.64. The van der Waals surface area contributed by atoms with E-state index in [4.69, 9.17) is 5.73 Å². The van der Waals surface area contributed by atoms with E-state index in [1.54, 1.807) is 0 Å². The van der Waals surface area contributed by atoms with E-state index in [0.29, 0.717) is 5.41 Å². The Balaban J connectivity index is 1.92. The van der Waals surface area contributed by atoms with E-state index in [1.165, 1.54) is 57.5 Å². The Morgan fingerprint density at radius 2 is 2.28 bits per heavy atom. The van der Waals surface area contributed by atoms with Crippen LogP contribution in [0.4, 0.5) is 0 Å². The zero-order chi connectivity index (χ0) is 13.0. The van der Waals surface area contributed by atoms with E-state index in [-0.39, 0.29) is 0 Å². The van der Waals surface area contributed by atoms with Gasteiger partial charge in [-0.15, -0.1) is 0 Å². The summed E-state index contributed by atoms with van der Waals surface area (Å²) < 4.78 is 0.